The zero-order chi connectivity index (χ0) is 17.1. The van der Waals surface area contributed by atoms with Crippen molar-refractivity contribution in [3.05, 3.63) is 53.3 Å². The zero-order valence-electron chi connectivity index (χ0n) is 14.2. The summed E-state index contributed by atoms with van der Waals surface area (Å²) in [6, 6.07) is 11.7. The van der Waals surface area contributed by atoms with E-state index in [9.17, 15) is 0 Å². The largest absolute Gasteiger partial charge is 0.398 e. The topological polar surface area (TPSA) is 46.6 Å². The highest BCUT2D eigenvalue weighted by Gasteiger charge is 2.16. The maximum atomic E-state index is 6.03. The molecule has 0 spiro atoms. The van der Waals surface area contributed by atoms with Gasteiger partial charge in [-0.25, -0.2) is 4.98 Å². The Morgan fingerprint density at radius 2 is 1.92 bits per heavy atom. The summed E-state index contributed by atoms with van der Waals surface area (Å²) in [6.07, 6.45) is 4.32. The number of benzene rings is 1. The molecule has 0 bridgehead atoms. The van der Waals surface area contributed by atoms with Crippen molar-refractivity contribution in [1.82, 2.24) is 14.3 Å². The van der Waals surface area contributed by atoms with Crippen LogP contribution in [-0.2, 0) is 6.54 Å². The third-order valence-electron chi connectivity index (χ3n) is 4.17. The van der Waals surface area contributed by atoms with Crippen LogP contribution >= 0.6 is 11.6 Å². The number of nitrogen functional groups attached to an aromatic ring is 1. The molecule has 1 aromatic carbocycles. The van der Waals surface area contributed by atoms with Gasteiger partial charge in [-0.3, -0.25) is 0 Å². The SMILES string of the molecule is CCCCN(C)Cc1c(-c2ccc(Cl)cc2)nc2ccc(N)cn12. The van der Waals surface area contributed by atoms with Gasteiger partial charge in [0.25, 0.3) is 0 Å². The number of unbranched alkanes of at least 4 members (excludes halogenated alkanes) is 1. The van der Waals surface area contributed by atoms with Crippen molar-refractivity contribution in [3.8, 4) is 11.3 Å². The second-order valence-electron chi connectivity index (χ2n) is 6.20. The van der Waals surface area contributed by atoms with Gasteiger partial charge in [-0.05, 0) is 44.3 Å². The molecule has 0 saturated heterocycles. The Kier molecular flexibility index (Phi) is 5.07. The number of pyridine rings is 1. The minimum absolute atomic E-state index is 0.730. The molecule has 0 unspecified atom stereocenters. The second kappa shape index (κ2) is 7.24. The predicted octanol–water partition coefficient (Wildman–Crippen LogP) is 4.47. The monoisotopic (exact) mass is 342 g/mol. The quantitative estimate of drug-likeness (QED) is 0.719. The van der Waals surface area contributed by atoms with Gasteiger partial charge in [0.05, 0.1) is 11.4 Å². The van der Waals surface area contributed by atoms with Crippen LogP contribution in [-0.4, -0.2) is 27.9 Å². The molecule has 0 aliphatic heterocycles. The third-order valence-corrected chi connectivity index (χ3v) is 4.42. The van der Waals surface area contributed by atoms with Crippen molar-refractivity contribution < 1.29 is 0 Å². The molecule has 3 rings (SSSR count). The first-order chi connectivity index (χ1) is 11.6. The van der Waals surface area contributed by atoms with Crippen LogP contribution in [0.2, 0.25) is 5.02 Å². The van der Waals surface area contributed by atoms with Gasteiger partial charge in [-0.1, -0.05) is 37.1 Å². The van der Waals surface area contributed by atoms with Gasteiger partial charge in [-0.2, -0.15) is 0 Å². The number of anilines is 1. The summed E-state index contributed by atoms with van der Waals surface area (Å²) < 4.78 is 2.10. The fraction of sp³-hybridized carbons (Fsp3) is 0.316. The first-order valence-electron chi connectivity index (χ1n) is 8.29. The molecule has 0 saturated carbocycles. The molecule has 2 N–H and O–H groups in total. The van der Waals surface area contributed by atoms with Crippen LogP contribution < -0.4 is 5.73 Å². The summed E-state index contributed by atoms with van der Waals surface area (Å²) in [5.74, 6) is 0. The predicted molar refractivity (Wildman–Crippen MR) is 101 cm³/mol. The summed E-state index contributed by atoms with van der Waals surface area (Å²) in [5.41, 5.74) is 10.8. The molecule has 2 heterocycles. The van der Waals surface area contributed by atoms with Crippen molar-refractivity contribution in [1.29, 1.82) is 0 Å². The van der Waals surface area contributed by atoms with E-state index in [2.05, 4.69) is 23.3 Å². The lowest BCUT2D eigenvalue weighted by Crippen LogP contribution is -2.20. The van der Waals surface area contributed by atoms with E-state index < -0.39 is 0 Å². The normalized spacial score (nSPS) is 11.5. The number of nitrogens with two attached hydrogens (primary N) is 1. The second-order valence-corrected chi connectivity index (χ2v) is 6.63. The molecular formula is C19H23ClN4. The van der Waals surface area contributed by atoms with E-state index in [4.69, 9.17) is 22.3 Å². The van der Waals surface area contributed by atoms with Gasteiger partial charge >= 0.3 is 0 Å². The highest BCUT2D eigenvalue weighted by Crippen LogP contribution is 2.27. The van der Waals surface area contributed by atoms with E-state index >= 15 is 0 Å². The molecule has 0 atom stereocenters. The van der Waals surface area contributed by atoms with Crippen LogP contribution in [0.4, 0.5) is 5.69 Å². The summed E-state index contributed by atoms with van der Waals surface area (Å²) in [4.78, 5) is 7.15. The summed E-state index contributed by atoms with van der Waals surface area (Å²) in [5, 5.41) is 0.730. The van der Waals surface area contributed by atoms with E-state index in [0.717, 1.165) is 46.4 Å². The van der Waals surface area contributed by atoms with E-state index in [1.807, 2.05) is 42.6 Å². The number of halogens is 1. The summed E-state index contributed by atoms with van der Waals surface area (Å²) >= 11 is 6.03. The molecule has 5 heteroatoms. The van der Waals surface area contributed by atoms with Crippen molar-refractivity contribution in [3.63, 3.8) is 0 Å². The smallest absolute Gasteiger partial charge is 0.137 e. The van der Waals surface area contributed by atoms with Crippen LogP contribution in [0, 0.1) is 0 Å². The van der Waals surface area contributed by atoms with Crippen LogP contribution in [0.15, 0.2) is 42.6 Å². The van der Waals surface area contributed by atoms with Gasteiger partial charge in [-0.15, -0.1) is 0 Å². The fourth-order valence-corrected chi connectivity index (χ4v) is 2.99. The van der Waals surface area contributed by atoms with Crippen molar-refractivity contribution in [2.45, 2.75) is 26.3 Å². The number of aromatic nitrogens is 2. The number of hydrogen-bond acceptors (Lipinski definition) is 3. The number of imidazole rings is 1. The lowest BCUT2D eigenvalue weighted by molar-refractivity contribution is 0.316. The maximum Gasteiger partial charge on any atom is 0.137 e. The van der Waals surface area contributed by atoms with Crippen molar-refractivity contribution in [2.24, 2.45) is 0 Å². The third kappa shape index (κ3) is 3.55. The Morgan fingerprint density at radius 1 is 1.17 bits per heavy atom. The standard InChI is InChI=1S/C19H23ClN4/c1-3-4-11-23(2)13-17-19(14-5-7-15(20)8-6-14)22-18-10-9-16(21)12-24(17)18/h5-10,12H,3-4,11,13,21H2,1-2H3. The number of rotatable bonds is 6. The molecule has 3 aromatic rings. The van der Waals surface area contributed by atoms with Gasteiger partial charge < -0.3 is 15.0 Å². The van der Waals surface area contributed by atoms with Crippen LogP contribution in [0.5, 0.6) is 0 Å². The molecule has 2 aromatic heterocycles. The van der Waals surface area contributed by atoms with Gasteiger partial charge in [0.2, 0.25) is 0 Å². The molecule has 0 radical (unpaired) electrons. The first-order valence-corrected chi connectivity index (χ1v) is 8.67. The Balaban J connectivity index is 2.06. The highest BCUT2D eigenvalue weighted by atomic mass is 35.5. The van der Waals surface area contributed by atoms with Gasteiger partial charge in [0.15, 0.2) is 0 Å². The molecule has 0 aliphatic carbocycles. The van der Waals surface area contributed by atoms with Gasteiger partial charge in [0, 0.05) is 29.0 Å². The Hall–Kier alpha value is -2.04. The van der Waals surface area contributed by atoms with E-state index in [0.29, 0.717) is 0 Å². The lowest BCUT2D eigenvalue weighted by atomic mass is 10.1. The maximum absolute atomic E-state index is 6.03. The Morgan fingerprint density at radius 3 is 2.62 bits per heavy atom. The molecular weight excluding hydrogens is 320 g/mol. The molecule has 4 nitrogen and oxygen atoms in total. The van der Waals surface area contributed by atoms with E-state index in [1.165, 1.54) is 12.8 Å². The van der Waals surface area contributed by atoms with E-state index in [-0.39, 0.29) is 0 Å². The molecule has 0 amide bonds. The number of hydrogen-bond donors (Lipinski definition) is 1. The first kappa shape index (κ1) is 16.8. The average Bonchev–Trinajstić information content (AvgIpc) is 2.91. The Labute approximate surface area is 147 Å². The number of fused-ring (bicyclic) bond motifs is 1. The summed E-state index contributed by atoms with van der Waals surface area (Å²) in [7, 11) is 2.15. The molecule has 0 fully saturated rings. The Bertz CT molecular complexity index is 823. The van der Waals surface area contributed by atoms with Crippen LogP contribution in [0.25, 0.3) is 16.9 Å². The minimum Gasteiger partial charge on any atom is -0.398 e. The van der Waals surface area contributed by atoms with Gasteiger partial charge in [0.1, 0.15) is 5.65 Å². The zero-order valence-corrected chi connectivity index (χ0v) is 14.9. The number of nitrogens with zero attached hydrogens (tertiary/aromatic N) is 3. The molecule has 0 aliphatic rings. The summed E-state index contributed by atoms with van der Waals surface area (Å²) in [6.45, 7) is 4.09. The molecule has 126 valence electrons. The average molecular weight is 343 g/mol. The van der Waals surface area contributed by atoms with Crippen LogP contribution in [0.1, 0.15) is 25.5 Å². The highest BCUT2D eigenvalue weighted by molar-refractivity contribution is 6.30. The van der Waals surface area contributed by atoms with Crippen LogP contribution in [0.3, 0.4) is 0 Å². The minimum atomic E-state index is 0.730. The van der Waals surface area contributed by atoms with E-state index in [1.54, 1.807) is 0 Å². The van der Waals surface area contributed by atoms with Crippen molar-refractivity contribution >= 4 is 22.9 Å². The fourth-order valence-electron chi connectivity index (χ4n) is 2.86. The lowest BCUT2D eigenvalue weighted by Gasteiger charge is -2.17. The molecule has 24 heavy (non-hydrogen) atoms. The van der Waals surface area contributed by atoms with Crippen molar-refractivity contribution in [2.75, 3.05) is 19.3 Å².